The van der Waals surface area contributed by atoms with Gasteiger partial charge in [-0.05, 0) is 231 Å². The van der Waals surface area contributed by atoms with Gasteiger partial charge in [-0.15, -0.1) is 0 Å². The molecule has 0 saturated heterocycles. The molecule has 0 atom stereocenters. The van der Waals surface area contributed by atoms with Crippen LogP contribution in [-0.4, -0.2) is 35.5 Å². The molecule has 0 radical (unpaired) electrons. The fourth-order valence-electron chi connectivity index (χ4n) is 14.1. The lowest BCUT2D eigenvalue weighted by atomic mass is 9.82. The number of rotatable bonds is 11. The molecule has 0 aromatic heterocycles. The second kappa shape index (κ2) is 18.3. The van der Waals surface area contributed by atoms with Crippen molar-refractivity contribution in [3.63, 3.8) is 0 Å². The molecule has 390 valence electrons. The van der Waals surface area contributed by atoms with Gasteiger partial charge in [0.15, 0.2) is 0 Å². The molecule has 15 aromatic rings. The highest BCUT2D eigenvalue weighted by molar-refractivity contribution is 6.47. The first-order valence-electron chi connectivity index (χ1n) is 27.8. The number of hydrogen-bond acceptors (Lipinski definition) is 5. The predicted molar refractivity (Wildman–Crippen MR) is 341 cm³/mol. The minimum Gasteiger partial charge on any atom is -0.497 e. The smallest absolute Gasteiger partial charge is 0.118 e. The largest absolute Gasteiger partial charge is 0.497 e. The maximum absolute atomic E-state index is 5.78. The zero-order valence-electron chi connectivity index (χ0n) is 45.9. The highest BCUT2D eigenvalue weighted by atomic mass is 16.5. The van der Waals surface area contributed by atoms with Crippen LogP contribution >= 0.6 is 0 Å². The van der Waals surface area contributed by atoms with Crippen LogP contribution in [0.1, 0.15) is 0 Å². The van der Waals surface area contributed by atoms with E-state index in [4.69, 9.17) is 23.7 Å². The van der Waals surface area contributed by atoms with Crippen LogP contribution in [0, 0.1) is 0 Å². The van der Waals surface area contributed by atoms with Crippen molar-refractivity contribution in [1.29, 1.82) is 0 Å². The highest BCUT2D eigenvalue weighted by Crippen LogP contribution is 2.60. The first-order chi connectivity index (χ1) is 40.5. The lowest BCUT2D eigenvalue weighted by Gasteiger charge is -2.21. The first-order valence-corrected chi connectivity index (χ1v) is 27.8. The molecule has 0 amide bonds. The summed E-state index contributed by atoms with van der Waals surface area (Å²) in [6.07, 6.45) is 0. The molecule has 5 heteroatoms. The molecule has 0 unspecified atom stereocenters. The van der Waals surface area contributed by atoms with E-state index >= 15 is 0 Å². The Labute approximate surface area is 474 Å². The van der Waals surface area contributed by atoms with Gasteiger partial charge in [-0.25, -0.2) is 0 Å². The van der Waals surface area contributed by atoms with Crippen molar-refractivity contribution < 1.29 is 23.7 Å². The molecule has 16 rings (SSSR count). The molecule has 0 spiro atoms. The SMILES string of the molecule is COc1ccc(-c2cc(-c3ccc(OC)cc3)c3c(c2-c2ccc(OC)cc2)-c2cccc4c(-c5ccc6c7c(-c8ccc(OC)cc8)c8c9cccc%10cccc(c8c(-c8ccc(OC)cc8)c7c7cccc5c76)c%109)ccc-3c24)cc1. The Balaban J connectivity index is 1.00. The van der Waals surface area contributed by atoms with E-state index in [2.05, 4.69) is 224 Å². The van der Waals surface area contributed by atoms with E-state index in [1.165, 1.54) is 125 Å². The second-order valence-electron chi connectivity index (χ2n) is 21.5. The summed E-state index contributed by atoms with van der Waals surface area (Å²) in [5.41, 5.74) is 18.7. The summed E-state index contributed by atoms with van der Waals surface area (Å²) in [5, 5.41) is 17.4. The third-order valence-corrected chi connectivity index (χ3v) is 17.7. The molecule has 0 fully saturated rings. The molecule has 0 aliphatic heterocycles. The predicted octanol–water partition coefficient (Wildman–Crippen LogP) is 20.3. The minimum atomic E-state index is 0.811. The lowest BCUT2D eigenvalue weighted by Crippen LogP contribution is -1.95. The van der Waals surface area contributed by atoms with Gasteiger partial charge in [0, 0.05) is 0 Å². The van der Waals surface area contributed by atoms with E-state index < -0.39 is 0 Å². The Hall–Kier alpha value is -10.4. The van der Waals surface area contributed by atoms with Crippen LogP contribution in [0.4, 0.5) is 0 Å². The van der Waals surface area contributed by atoms with Gasteiger partial charge in [0.05, 0.1) is 35.5 Å². The Kier molecular flexibility index (Phi) is 10.7. The zero-order chi connectivity index (χ0) is 54.9. The summed E-state index contributed by atoms with van der Waals surface area (Å²) in [7, 11) is 8.63. The highest BCUT2D eigenvalue weighted by Gasteiger charge is 2.33. The van der Waals surface area contributed by atoms with Crippen molar-refractivity contribution in [3.8, 4) is 118 Å². The maximum Gasteiger partial charge on any atom is 0.118 e. The minimum absolute atomic E-state index is 0.811. The van der Waals surface area contributed by atoms with Crippen LogP contribution in [-0.2, 0) is 0 Å². The molecule has 82 heavy (non-hydrogen) atoms. The molecule has 1 aliphatic rings. The van der Waals surface area contributed by atoms with Gasteiger partial charge in [0.25, 0.3) is 0 Å². The average molecular weight is 1060 g/mol. The van der Waals surface area contributed by atoms with Gasteiger partial charge in [-0.1, -0.05) is 158 Å². The molecule has 0 saturated carbocycles. The Morgan fingerprint density at radius 2 is 0.524 bits per heavy atom. The summed E-state index contributed by atoms with van der Waals surface area (Å²) in [6, 6.07) is 82.3. The van der Waals surface area contributed by atoms with Crippen molar-refractivity contribution in [3.05, 3.63) is 224 Å². The summed E-state index contributed by atoms with van der Waals surface area (Å²) in [4.78, 5) is 0. The van der Waals surface area contributed by atoms with E-state index in [1.807, 2.05) is 0 Å². The monoisotopic (exact) mass is 1060 g/mol. The van der Waals surface area contributed by atoms with E-state index in [0.29, 0.717) is 0 Å². The second-order valence-corrected chi connectivity index (χ2v) is 21.5. The van der Waals surface area contributed by atoms with Gasteiger partial charge in [-0.2, -0.15) is 0 Å². The number of hydrogen-bond donors (Lipinski definition) is 0. The first kappa shape index (κ1) is 47.6. The standard InChI is InChI=1S/C77H52O5/c1-78-49-28-18-43(19-29-49)64-42-65(44-20-30-50(79-2)31-21-44)72-62-40-38-54(56-12-8-16-60(70(56)62)73(72)67(64)46-22-32-51(80-3)33-23-46)55-39-41-63-71-57(55)13-9-17-61(71)76-68(47-24-34-52(81-4)35-25-47)74-58-14-6-10-45-11-7-15-59(66(45)58)75(74)69(77(63)76)48-26-36-53(82-5)37-27-48/h6-42H,1-5H3. The lowest BCUT2D eigenvalue weighted by molar-refractivity contribution is 0.414. The van der Waals surface area contributed by atoms with Gasteiger partial charge < -0.3 is 23.7 Å². The number of methoxy groups -OCH3 is 5. The molecular weight excluding hydrogens is 1000 g/mol. The van der Waals surface area contributed by atoms with Crippen molar-refractivity contribution in [1.82, 2.24) is 0 Å². The molecule has 0 N–H and O–H groups in total. The Bertz CT molecular complexity index is 4920. The summed E-state index contributed by atoms with van der Waals surface area (Å²) in [6.45, 7) is 0. The van der Waals surface area contributed by atoms with Crippen LogP contribution in [0.3, 0.4) is 0 Å². The summed E-state index contributed by atoms with van der Waals surface area (Å²) in [5.74, 6) is 4.09. The molecular formula is C77H52O5. The number of fused-ring (bicyclic) bond motifs is 9. The van der Waals surface area contributed by atoms with E-state index in [0.717, 1.165) is 67.7 Å². The van der Waals surface area contributed by atoms with Crippen LogP contribution in [0.15, 0.2) is 224 Å². The van der Waals surface area contributed by atoms with Gasteiger partial charge in [-0.3, -0.25) is 0 Å². The normalized spacial score (nSPS) is 12.0. The van der Waals surface area contributed by atoms with Crippen LogP contribution in [0.2, 0.25) is 0 Å². The van der Waals surface area contributed by atoms with Crippen molar-refractivity contribution in [2.24, 2.45) is 0 Å². The van der Waals surface area contributed by atoms with Crippen LogP contribution in [0.5, 0.6) is 28.7 Å². The summed E-state index contributed by atoms with van der Waals surface area (Å²) < 4.78 is 28.7. The quantitative estimate of drug-likeness (QED) is 0.129. The van der Waals surface area contributed by atoms with Crippen LogP contribution in [0.25, 0.3) is 164 Å². The van der Waals surface area contributed by atoms with Crippen molar-refractivity contribution in [2.75, 3.05) is 35.5 Å². The molecule has 0 bridgehead atoms. The summed E-state index contributed by atoms with van der Waals surface area (Å²) >= 11 is 0. The number of ether oxygens (including phenoxy) is 5. The van der Waals surface area contributed by atoms with Crippen molar-refractivity contribution in [2.45, 2.75) is 0 Å². The maximum atomic E-state index is 5.78. The Morgan fingerprint density at radius 1 is 0.195 bits per heavy atom. The fourth-order valence-corrected chi connectivity index (χ4v) is 14.1. The molecule has 0 heterocycles. The van der Waals surface area contributed by atoms with Gasteiger partial charge >= 0.3 is 0 Å². The van der Waals surface area contributed by atoms with Gasteiger partial charge in [0.1, 0.15) is 28.7 Å². The number of benzene rings is 13. The zero-order valence-corrected chi connectivity index (χ0v) is 45.9. The van der Waals surface area contributed by atoms with Crippen molar-refractivity contribution >= 4 is 75.4 Å². The van der Waals surface area contributed by atoms with E-state index in [1.54, 1.807) is 35.5 Å². The molecule has 1 aliphatic carbocycles. The van der Waals surface area contributed by atoms with Gasteiger partial charge in [0.2, 0.25) is 0 Å². The van der Waals surface area contributed by atoms with E-state index in [9.17, 15) is 0 Å². The van der Waals surface area contributed by atoms with Crippen LogP contribution < -0.4 is 23.7 Å². The molecule has 15 aromatic carbocycles. The Morgan fingerprint density at radius 3 is 0.988 bits per heavy atom. The molecule has 5 nitrogen and oxygen atoms in total. The fraction of sp³-hybridized carbons (Fsp3) is 0.0649. The average Bonchev–Trinajstić information content (AvgIpc) is 2.96. The third kappa shape index (κ3) is 6.80. The topological polar surface area (TPSA) is 46.2 Å². The third-order valence-electron chi connectivity index (χ3n) is 17.7. The van der Waals surface area contributed by atoms with E-state index in [-0.39, 0.29) is 0 Å².